The lowest BCUT2D eigenvalue weighted by molar-refractivity contribution is -0.141. The molecule has 1 aromatic heterocycles. The Labute approximate surface area is 178 Å². The van der Waals surface area contributed by atoms with Gasteiger partial charge in [-0.25, -0.2) is 0 Å². The zero-order valence-corrected chi connectivity index (χ0v) is 18.2. The van der Waals surface area contributed by atoms with Gasteiger partial charge in [0.15, 0.2) is 0 Å². The van der Waals surface area contributed by atoms with Crippen LogP contribution in [0, 0.1) is 26.7 Å². The van der Waals surface area contributed by atoms with Crippen LogP contribution in [0.5, 0.6) is 0 Å². The molecule has 2 saturated heterocycles. The maximum atomic E-state index is 13.4. The standard InChI is InChI=1S/C24H31N3O3/c1-17-7-4-5-9-22(17)27-18(2)15-21(19(27)3)24(29)26-10-6-8-20(16-26)23(28)25-11-13-30-14-12-25/h4-5,7,9,15,20H,6,8,10-14,16H2,1-3H3. The monoisotopic (exact) mass is 409 g/mol. The van der Waals surface area contributed by atoms with Crippen LogP contribution in [0.4, 0.5) is 0 Å². The van der Waals surface area contributed by atoms with E-state index in [9.17, 15) is 9.59 Å². The Morgan fingerprint density at radius 3 is 2.47 bits per heavy atom. The van der Waals surface area contributed by atoms with Crippen molar-refractivity contribution in [3.63, 3.8) is 0 Å². The highest BCUT2D eigenvalue weighted by atomic mass is 16.5. The minimum absolute atomic E-state index is 0.0300. The molecular weight excluding hydrogens is 378 g/mol. The van der Waals surface area contributed by atoms with E-state index in [1.54, 1.807) is 0 Å². The van der Waals surface area contributed by atoms with E-state index in [-0.39, 0.29) is 17.7 Å². The molecule has 2 aliphatic heterocycles. The molecule has 2 fully saturated rings. The highest BCUT2D eigenvalue weighted by molar-refractivity contribution is 5.96. The number of ether oxygens (including phenoxy) is 1. The topological polar surface area (TPSA) is 54.8 Å². The molecule has 2 aliphatic rings. The Morgan fingerprint density at radius 1 is 1.00 bits per heavy atom. The molecular formula is C24H31N3O3. The van der Waals surface area contributed by atoms with Crippen molar-refractivity contribution in [2.45, 2.75) is 33.6 Å². The van der Waals surface area contributed by atoms with Gasteiger partial charge in [0, 0.05) is 43.3 Å². The summed E-state index contributed by atoms with van der Waals surface area (Å²) in [6.07, 6.45) is 1.71. The predicted octanol–water partition coefficient (Wildman–Crippen LogP) is 3.11. The molecule has 0 bridgehead atoms. The average Bonchev–Trinajstić information content (AvgIpc) is 3.07. The third-order valence-corrected chi connectivity index (χ3v) is 6.40. The first-order chi connectivity index (χ1) is 14.5. The number of para-hydroxylation sites is 1. The van der Waals surface area contributed by atoms with Crippen molar-refractivity contribution < 1.29 is 14.3 Å². The second kappa shape index (κ2) is 8.64. The maximum absolute atomic E-state index is 13.4. The van der Waals surface area contributed by atoms with Crippen LogP contribution in [0.15, 0.2) is 30.3 Å². The normalized spacial score (nSPS) is 19.8. The molecule has 6 nitrogen and oxygen atoms in total. The number of carbonyl (C=O) groups is 2. The number of aryl methyl sites for hydroxylation is 2. The third-order valence-electron chi connectivity index (χ3n) is 6.40. The van der Waals surface area contributed by atoms with Crippen molar-refractivity contribution in [1.29, 1.82) is 0 Å². The van der Waals surface area contributed by atoms with Gasteiger partial charge in [0.05, 0.1) is 24.7 Å². The highest BCUT2D eigenvalue weighted by Crippen LogP contribution is 2.26. The number of benzene rings is 1. The van der Waals surface area contributed by atoms with Crippen LogP contribution in [0.25, 0.3) is 5.69 Å². The van der Waals surface area contributed by atoms with Gasteiger partial charge in [0.25, 0.3) is 5.91 Å². The smallest absolute Gasteiger partial charge is 0.255 e. The number of carbonyl (C=O) groups excluding carboxylic acids is 2. The second-order valence-corrected chi connectivity index (χ2v) is 8.43. The SMILES string of the molecule is Cc1ccccc1-n1c(C)cc(C(=O)N2CCCC(C(=O)N3CCOCC3)C2)c1C. The van der Waals surface area contributed by atoms with E-state index in [1.165, 1.54) is 5.56 Å². The molecule has 1 unspecified atom stereocenters. The Hall–Kier alpha value is -2.60. The van der Waals surface area contributed by atoms with Gasteiger partial charge in [-0.1, -0.05) is 18.2 Å². The first-order valence-corrected chi connectivity index (χ1v) is 10.9. The molecule has 2 aromatic rings. The summed E-state index contributed by atoms with van der Waals surface area (Å²) in [4.78, 5) is 30.1. The van der Waals surface area contributed by atoms with Gasteiger partial charge in [-0.3, -0.25) is 9.59 Å². The zero-order valence-electron chi connectivity index (χ0n) is 18.2. The van der Waals surface area contributed by atoms with E-state index in [1.807, 2.05) is 41.8 Å². The van der Waals surface area contributed by atoms with E-state index >= 15 is 0 Å². The molecule has 0 aliphatic carbocycles. The molecule has 2 amide bonds. The van der Waals surface area contributed by atoms with Crippen LogP contribution in [0.1, 0.15) is 40.2 Å². The quantitative estimate of drug-likeness (QED) is 0.783. The molecule has 1 atom stereocenters. The van der Waals surface area contributed by atoms with Crippen LogP contribution in [0.3, 0.4) is 0 Å². The number of hydrogen-bond donors (Lipinski definition) is 0. The van der Waals surface area contributed by atoms with E-state index in [0.717, 1.165) is 35.5 Å². The number of morpholine rings is 1. The first kappa shape index (κ1) is 20.7. The fourth-order valence-electron chi connectivity index (χ4n) is 4.74. The molecule has 0 saturated carbocycles. The molecule has 1 aromatic carbocycles. The Balaban J connectivity index is 1.54. The van der Waals surface area contributed by atoms with Crippen LogP contribution in [0.2, 0.25) is 0 Å². The average molecular weight is 410 g/mol. The summed E-state index contributed by atoms with van der Waals surface area (Å²) in [6.45, 7) is 9.86. The van der Waals surface area contributed by atoms with E-state index in [2.05, 4.69) is 23.6 Å². The van der Waals surface area contributed by atoms with Crippen molar-refractivity contribution in [3.05, 3.63) is 52.8 Å². The fourth-order valence-corrected chi connectivity index (χ4v) is 4.74. The lowest BCUT2D eigenvalue weighted by atomic mass is 9.95. The molecule has 0 spiro atoms. The summed E-state index contributed by atoms with van der Waals surface area (Å²) in [5.41, 5.74) is 5.00. The van der Waals surface area contributed by atoms with Gasteiger partial charge in [-0.05, 0) is 51.3 Å². The van der Waals surface area contributed by atoms with E-state index in [0.29, 0.717) is 39.4 Å². The van der Waals surface area contributed by atoms with Crippen molar-refractivity contribution in [3.8, 4) is 5.69 Å². The summed E-state index contributed by atoms with van der Waals surface area (Å²) in [6, 6.07) is 10.2. The minimum Gasteiger partial charge on any atom is -0.378 e. The van der Waals surface area contributed by atoms with Crippen molar-refractivity contribution in [2.75, 3.05) is 39.4 Å². The first-order valence-electron chi connectivity index (χ1n) is 10.9. The number of piperidine rings is 1. The fraction of sp³-hybridized carbons (Fsp3) is 0.500. The number of rotatable bonds is 3. The van der Waals surface area contributed by atoms with E-state index < -0.39 is 0 Å². The molecule has 4 rings (SSSR count). The van der Waals surface area contributed by atoms with Crippen LogP contribution < -0.4 is 0 Å². The second-order valence-electron chi connectivity index (χ2n) is 8.43. The third kappa shape index (κ3) is 3.88. The van der Waals surface area contributed by atoms with Crippen molar-refractivity contribution in [1.82, 2.24) is 14.4 Å². The molecule has 30 heavy (non-hydrogen) atoms. The van der Waals surface area contributed by atoms with Gasteiger partial charge in [-0.15, -0.1) is 0 Å². The molecule has 3 heterocycles. The molecule has 0 radical (unpaired) electrons. The lowest BCUT2D eigenvalue weighted by Gasteiger charge is -2.36. The molecule has 6 heteroatoms. The molecule has 160 valence electrons. The summed E-state index contributed by atoms with van der Waals surface area (Å²) >= 11 is 0. The maximum Gasteiger partial charge on any atom is 0.255 e. The van der Waals surface area contributed by atoms with Crippen molar-refractivity contribution >= 4 is 11.8 Å². The van der Waals surface area contributed by atoms with Crippen LogP contribution in [-0.2, 0) is 9.53 Å². The van der Waals surface area contributed by atoms with Gasteiger partial charge in [0.2, 0.25) is 5.91 Å². The zero-order chi connectivity index (χ0) is 21.3. The van der Waals surface area contributed by atoms with Gasteiger partial charge in [-0.2, -0.15) is 0 Å². The summed E-state index contributed by atoms with van der Waals surface area (Å²) in [7, 11) is 0. The molecule has 0 N–H and O–H groups in total. The van der Waals surface area contributed by atoms with E-state index in [4.69, 9.17) is 4.74 Å². The summed E-state index contributed by atoms with van der Waals surface area (Å²) < 4.78 is 7.52. The number of nitrogens with zero attached hydrogens (tertiary/aromatic N) is 3. The van der Waals surface area contributed by atoms with Crippen LogP contribution in [-0.4, -0.2) is 65.6 Å². The number of likely N-dealkylation sites (tertiary alicyclic amines) is 1. The Morgan fingerprint density at radius 2 is 1.73 bits per heavy atom. The number of amides is 2. The summed E-state index contributed by atoms with van der Waals surface area (Å²) in [5, 5.41) is 0. The largest absolute Gasteiger partial charge is 0.378 e. The van der Waals surface area contributed by atoms with Gasteiger partial charge < -0.3 is 19.1 Å². The van der Waals surface area contributed by atoms with Crippen LogP contribution >= 0.6 is 0 Å². The van der Waals surface area contributed by atoms with Gasteiger partial charge in [0.1, 0.15) is 0 Å². The number of hydrogen-bond acceptors (Lipinski definition) is 3. The lowest BCUT2D eigenvalue weighted by Crippen LogP contribution is -2.49. The minimum atomic E-state index is -0.111. The predicted molar refractivity (Wildman–Crippen MR) is 116 cm³/mol. The number of aromatic nitrogens is 1. The Kier molecular flexibility index (Phi) is 5.95. The Bertz CT molecular complexity index is 943. The van der Waals surface area contributed by atoms with Gasteiger partial charge >= 0.3 is 0 Å². The summed E-state index contributed by atoms with van der Waals surface area (Å²) in [5.74, 6) is 0.0873. The highest BCUT2D eigenvalue weighted by Gasteiger charge is 2.33. The van der Waals surface area contributed by atoms with Crippen molar-refractivity contribution in [2.24, 2.45) is 5.92 Å².